The van der Waals surface area contributed by atoms with Crippen molar-refractivity contribution < 1.29 is 5.11 Å². The van der Waals surface area contributed by atoms with Gasteiger partial charge in [-0.15, -0.1) is 0 Å². The van der Waals surface area contributed by atoms with E-state index in [-0.39, 0.29) is 6.10 Å². The molecule has 1 atom stereocenters. The largest absolute Gasteiger partial charge is 0.388 e. The summed E-state index contributed by atoms with van der Waals surface area (Å²) >= 11 is 5.99. The third-order valence-electron chi connectivity index (χ3n) is 3.25. The fraction of sp³-hybridized carbons (Fsp3) is 0.538. The molecule has 0 saturated heterocycles. The van der Waals surface area contributed by atoms with Crippen LogP contribution in [0, 0.1) is 12.8 Å². The summed E-state index contributed by atoms with van der Waals surface area (Å²) in [5.74, 6) is 0.433. The molecule has 1 unspecified atom stereocenters. The molecule has 0 amide bonds. The minimum Gasteiger partial charge on any atom is -0.388 e. The molecule has 1 fully saturated rings. The SMILES string of the molecule is Cc1cc(Cl)cc(C(O)C2CCCC2)c1. The molecule has 1 aliphatic rings. The Bertz CT molecular complexity index is 322. The van der Waals surface area contributed by atoms with Crippen molar-refractivity contribution in [3.63, 3.8) is 0 Å². The minimum atomic E-state index is -0.329. The molecule has 15 heavy (non-hydrogen) atoms. The molecule has 2 heteroatoms. The van der Waals surface area contributed by atoms with E-state index in [2.05, 4.69) is 0 Å². The summed E-state index contributed by atoms with van der Waals surface area (Å²) in [4.78, 5) is 0. The number of halogens is 1. The van der Waals surface area contributed by atoms with Crippen LogP contribution < -0.4 is 0 Å². The molecule has 1 N–H and O–H groups in total. The lowest BCUT2D eigenvalue weighted by Crippen LogP contribution is -2.08. The monoisotopic (exact) mass is 224 g/mol. The number of hydrogen-bond acceptors (Lipinski definition) is 1. The summed E-state index contributed by atoms with van der Waals surface area (Å²) in [5.41, 5.74) is 2.10. The summed E-state index contributed by atoms with van der Waals surface area (Å²) in [6.45, 7) is 2.01. The second-order valence-electron chi connectivity index (χ2n) is 4.55. The summed E-state index contributed by atoms with van der Waals surface area (Å²) in [6, 6.07) is 5.85. The van der Waals surface area contributed by atoms with Crippen molar-refractivity contribution in [2.75, 3.05) is 0 Å². The highest BCUT2D eigenvalue weighted by molar-refractivity contribution is 6.30. The Balaban J connectivity index is 2.20. The van der Waals surface area contributed by atoms with Gasteiger partial charge in [-0.3, -0.25) is 0 Å². The van der Waals surface area contributed by atoms with Gasteiger partial charge in [0.1, 0.15) is 0 Å². The van der Waals surface area contributed by atoms with Gasteiger partial charge < -0.3 is 5.11 Å². The van der Waals surface area contributed by atoms with E-state index in [4.69, 9.17) is 11.6 Å². The van der Waals surface area contributed by atoms with Crippen LogP contribution in [0.2, 0.25) is 5.02 Å². The Morgan fingerprint density at radius 1 is 1.27 bits per heavy atom. The molecule has 1 aliphatic carbocycles. The third-order valence-corrected chi connectivity index (χ3v) is 3.47. The first-order valence-electron chi connectivity index (χ1n) is 5.62. The van der Waals surface area contributed by atoms with Gasteiger partial charge in [0.2, 0.25) is 0 Å². The molecule has 1 nitrogen and oxygen atoms in total. The van der Waals surface area contributed by atoms with Crippen LogP contribution in [0.4, 0.5) is 0 Å². The first-order chi connectivity index (χ1) is 7.16. The summed E-state index contributed by atoms with van der Waals surface area (Å²) in [7, 11) is 0. The number of aryl methyl sites for hydroxylation is 1. The van der Waals surface area contributed by atoms with Gasteiger partial charge in [-0.25, -0.2) is 0 Å². The lowest BCUT2D eigenvalue weighted by atomic mass is 9.93. The quantitative estimate of drug-likeness (QED) is 0.809. The van der Waals surface area contributed by atoms with Crippen LogP contribution in [-0.2, 0) is 0 Å². The van der Waals surface area contributed by atoms with E-state index in [0.29, 0.717) is 5.92 Å². The maximum atomic E-state index is 10.2. The smallest absolute Gasteiger partial charge is 0.0818 e. The predicted molar refractivity (Wildman–Crippen MR) is 63.1 cm³/mol. The van der Waals surface area contributed by atoms with Gasteiger partial charge in [-0.05, 0) is 48.9 Å². The highest BCUT2D eigenvalue weighted by atomic mass is 35.5. The van der Waals surface area contributed by atoms with E-state index < -0.39 is 0 Å². The van der Waals surface area contributed by atoms with Crippen molar-refractivity contribution >= 4 is 11.6 Å². The Labute approximate surface area is 96.1 Å². The van der Waals surface area contributed by atoms with Crippen molar-refractivity contribution in [1.82, 2.24) is 0 Å². The Hall–Kier alpha value is -0.530. The van der Waals surface area contributed by atoms with E-state index >= 15 is 0 Å². The summed E-state index contributed by atoms with van der Waals surface area (Å²) in [5, 5.41) is 10.9. The maximum Gasteiger partial charge on any atom is 0.0818 e. The molecule has 0 aromatic heterocycles. The van der Waals surface area contributed by atoms with E-state index in [1.807, 2.05) is 25.1 Å². The second kappa shape index (κ2) is 4.54. The molecule has 1 aromatic rings. The van der Waals surface area contributed by atoms with Gasteiger partial charge in [0.05, 0.1) is 6.10 Å². The predicted octanol–water partition coefficient (Wildman–Crippen LogP) is 3.87. The number of aliphatic hydroxyl groups excluding tert-OH is 1. The number of rotatable bonds is 2. The van der Waals surface area contributed by atoms with Crippen molar-refractivity contribution in [3.05, 3.63) is 34.3 Å². The third kappa shape index (κ3) is 2.53. The minimum absolute atomic E-state index is 0.329. The first kappa shape index (κ1) is 11.0. The zero-order valence-corrected chi connectivity index (χ0v) is 9.80. The van der Waals surface area contributed by atoms with Crippen LogP contribution in [-0.4, -0.2) is 5.11 Å². The van der Waals surface area contributed by atoms with Gasteiger partial charge in [0.15, 0.2) is 0 Å². The fourth-order valence-electron chi connectivity index (χ4n) is 2.48. The molecule has 1 aromatic carbocycles. The van der Waals surface area contributed by atoms with Crippen LogP contribution in [0.5, 0.6) is 0 Å². The lowest BCUT2D eigenvalue weighted by Gasteiger charge is -2.18. The van der Waals surface area contributed by atoms with Crippen LogP contribution in [0.1, 0.15) is 42.9 Å². The molecular formula is C13H17ClO. The molecule has 1 saturated carbocycles. The highest BCUT2D eigenvalue weighted by Gasteiger charge is 2.24. The molecule has 0 aliphatic heterocycles. The van der Waals surface area contributed by atoms with Gasteiger partial charge in [-0.2, -0.15) is 0 Å². The normalized spacial score (nSPS) is 19.4. The molecule has 2 rings (SSSR count). The average molecular weight is 225 g/mol. The molecule has 0 spiro atoms. The molecule has 0 radical (unpaired) electrons. The van der Waals surface area contributed by atoms with Crippen LogP contribution in [0.25, 0.3) is 0 Å². The fourth-order valence-corrected chi connectivity index (χ4v) is 2.78. The van der Waals surface area contributed by atoms with Crippen LogP contribution >= 0.6 is 11.6 Å². The lowest BCUT2D eigenvalue weighted by molar-refractivity contribution is 0.111. The zero-order chi connectivity index (χ0) is 10.8. The van der Waals surface area contributed by atoms with E-state index in [1.54, 1.807) is 0 Å². The van der Waals surface area contributed by atoms with E-state index in [0.717, 1.165) is 29.0 Å². The Kier molecular flexibility index (Phi) is 3.32. The van der Waals surface area contributed by atoms with Crippen molar-refractivity contribution in [1.29, 1.82) is 0 Å². The number of hydrogen-bond donors (Lipinski definition) is 1. The van der Waals surface area contributed by atoms with Gasteiger partial charge in [-0.1, -0.05) is 30.5 Å². The topological polar surface area (TPSA) is 20.2 Å². The van der Waals surface area contributed by atoms with Gasteiger partial charge in [0.25, 0.3) is 0 Å². The number of benzene rings is 1. The summed E-state index contributed by atoms with van der Waals surface area (Å²) < 4.78 is 0. The van der Waals surface area contributed by atoms with Gasteiger partial charge >= 0.3 is 0 Å². The first-order valence-corrected chi connectivity index (χ1v) is 6.00. The number of aliphatic hydroxyl groups is 1. The Morgan fingerprint density at radius 3 is 2.53 bits per heavy atom. The highest BCUT2D eigenvalue weighted by Crippen LogP contribution is 2.36. The Morgan fingerprint density at radius 2 is 1.93 bits per heavy atom. The molecule has 0 heterocycles. The van der Waals surface area contributed by atoms with E-state index in [1.165, 1.54) is 12.8 Å². The van der Waals surface area contributed by atoms with Crippen molar-refractivity contribution in [2.24, 2.45) is 5.92 Å². The standard InChI is InChI=1S/C13H17ClO/c1-9-6-11(8-12(14)7-9)13(15)10-4-2-3-5-10/h6-8,10,13,15H,2-5H2,1H3. The van der Waals surface area contributed by atoms with Crippen LogP contribution in [0.15, 0.2) is 18.2 Å². The van der Waals surface area contributed by atoms with Gasteiger partial charge in [0, 0.05) is 5.02 Å². The average Bonchev–Trinajstić information content (AvgIpc) is 2.67. The summed E-state index contributed by atoms with van der Waals surface area (Å²) in [6.07, 6.45) is 4.46. The van der Waals surface area contributed by atoms with Crippen LogP contribution in [0.3, 0.4) is 0 Å². The zero-order valence-electron chi connectivity index (χ0n) is 9.04. The molecule has 0 bridgehead atoms. The van der Waals surface area contributed by atoms with Crippen molar-refractivity contribution in [3.8, 4) is 0 Å². The second-order valence-corrected chi connectivity index (χ2v) is 4.99. The van der Waals surface area contributed by atoms with E-state index in [9.17, 15) is 5.11 Å². The maximum absolute atomic E-state index is 10.2. The van der Waals surface area contributed by atoms with Crippen molar-refractivity contribution in [2.45, 2.75) is 38.7 Å². The molecular weight excluding hydrogens is 208 g/mol. The molecule has 82 valence electrons.